The van der Waals surface area contributed by atoms with Crippen molar-refractivity contribution in [2.45, 2.75) is 39.7 Å². The topological polar surface area (TPSA) is 72.5 Å². The van der Waals surface area contributed by atoms with E-state index in [2.05, 4.69) is 5.32 Å². The van der Waals surface area contributed by atoms with E-state index < -0.39 is 11.9 Å². The van der Waals surface area contributed by atoms with Crippen molar-refractivity contribution in [1.29, 1.82) is 0 Å². The number of carbonyl (C=O) groups excluding carboxylic acids is 3. The van der Waals surface area contributed by atoms with Gasteiger partial charge in [0.25, 0.3) is 5.91 Å². The van der Waals surface area contributed by atoms with Crippen LogP contribution in [0.25, 0.3) is 0 Å². The van der Waals surface area contributed by atoms with Gasteiger partial charge in [0.1, 0.15) is 0 Å². The van der Waals surface area contributed by atoms with Crippen molar-refractivity contribution in [2.24, 2.45) is 0 Å². The molecular weight excluding hydrogens is 378 g/mol. The number of rotatable bonds is 8. The van der Waals surface area contributed by atoms with Gasteiger partial charge in [-0.2, -0.15) is 0 Å². The zero-order valence-corrected chi connectivity index (χ0v) is 17.0. The van der Waals surface area contributed by atoms with Gasteiger partial charge < -0.3 is 10.1 Å². The molecule has 0 aliphatic heterocycles. The average Bonchev–Trinajstić information content (AvgIpc) is 2.66. The van der Waals surface area contributed by atoms with Crippen molar-refractivity contribution in [3.8, 4) is 0 Å². The molecule has 1 atom stereocenters. The number of carbonyl (C=O) groups is 3. The molecule has 0 fully saturated rings. The third kappa shape index (κ3) is 6.50. The maximum atomic E-state index is 12.3. The van der Waals surface area contributed by atoms with Gasteiger partial charge in [0.05, 0.1) is 12.5 Å². The molecule has 0 saturated carbocycles. The Kier molecular flexibility index (Phi) is 7.76. The summed E-state index contributed by atoms with van der Waals surface area (Å²) in [5.74, 6) is -1.11. The van der Waals surface area contributed by atoms with E-state index in [4.69, 9.17) is 16.3 Å². The molecular formula is C22H24ClNO4. The molecule has 0 saturated heterocycles. The highest BCUT2D eigenvalue weighted by molar-refractivity contribution is 6.30. The van der Waals surface area contributed by atoms with Crippen molar-refractivity contribution in [2.75, 3.05) is 6.61 Å². The number of amides is 1. The molecule has 2 aromatic carbocycles. The number of hydrogen-bond donors (Lipinski definition) is 1. The zero-order chi connectivity index (χ0) is 20.7. The SMILES string of the molecule is Cc1ccc(C)c(C(=O)CCC(=O)OCC(=O)N[C@@H](C)c2cccc(Cl)c2)c1. The highest BCUT2D eigenvalue weighted by atomic mass is 35.5. The third-order valence-corrected chi connectivity index (χ3v) is 4.58. The van der Waals surface area contributed by atoms with Crippen LogP contribution in [0, 0.1) is 13.8 Å². The molecule has 0 aliphatic carbocycles. The van der Waals surface area contributed by atoms with Gasteiger partial charge in [-0.1, -0.05) is 41.4 Å². The molecule has 1 N–H and O–H groups in total. The number of hydrogen-bond acceptors (Lipinski definition) is 4. The Hall–Kier alpha value is -2.66. The molecule has 0 spiro atoms. The number of benzene rings is 2. The molecule has 2 rings (SSSR count). The lowest BCUT2D eigenvalue weighted by Gasteiger charge is -2.14. The van der Waals surface area contributed by atoms with Crippen LogP contribution in [0.3, 0.4) is 0 Å². The van der Waals surface area contributed by atoms with Crippen LogP contribution in [0.4, 0.5) is 0 Å². The maximum Gasteiger partial charge on any atom is 0.306 e. The molecule has 1 amide bonds. The summed E-state index contributed by atoms with van der Waals surface area (Å²) >= 11 is 5.94. The summed E-state index contributed by atoms with van der Waals surface area (Å²) in [5.41, 5.74) is 3.33. The van der Waals surface area contributed by atoms with Crippen LogP contribution in [0.1, 0.15) is 52.9 Å². The van der Waals surface area contributed by atoms with Gasteiger partial charge in [-0.05, 0) is 50.1 Å². The Morgan fingerprint density at radius 2 is 1.82 bits per heavy atom. The average molecular weight is 402 g/mol. The van der Waals surface area contributed by atoms with Gasteiger partial charge in [0.2, 0.25) is 0 Å². The molecule has 148 valence electrons. The van der Waals surface area contributed by atoms with Gasteiger partial charge in [0.15, 0.2) is 12.4 Å². The minimum atomic E-state index is -0.579. The third-order valence-electron chi connectivity index (χ3n) is 4.34. The Morgan fingerprint density at radius 3 is 2.54 bits per heavy atom. The van der Waals surface area contributed by atoms with Gasteiger partial charge in [-0.3, -0.25) is 14.4 Å². The quantitative estimate of drug-likeness (QED) is 0.527. The molecule has 28 heavy (non-hydrogen) atoms. The summed E-state index contributed by atoms with van der Waals surface area (Å²) < 4.78 is 4.98. The lowest BCUT2D eigenvalue weighted by Crippen LogP contribution is -2.31. The Bertz CT molecular complexity index is 879. The first-order chi connectivity index (χ1) is 13.3. The van der Waals surface area contributed by atoms with E-state index in [0.717, 1.165) is 16.7 Å². The molecule has 0 radical (unpaired) electrons. The lowest BCUT2D eigenvalue weighted by atomic mass is 9.99. The Morgan fingerprint density at radius 1 is 1.07 bits per heavy atom. The Balaban J connectivity index is 1.76. The molecule has 0 heterocycles. The number of ketones is 1. The van der Waals surface area contributed by atoms with Crippen molar-refractivity contribution >= 4 is 29.3 Å². The molecule has 2 aromatic rings. The maximum absolute atomic E-state index is 12.3. The van der Waals surface area contributed by atoms with Crippen LogP contribution < -0.4 is 5.32 Å². The van der Waals surface area contributed by atoms with Crippen molar-refractivity contribution in [3.05, 3.63) is 69.7 Å². The predicted molar refractivity (Wildman–Crippen MR) is 108 cm³/mol. The minimum absolute atomic E-state index is 0.0453. The lowest BCUT2D eigenvalue weighted by molar-refractivity contribution is -0.148. The standard InChI is InChI=1S/C22H24ClNO4/c1-14-7-8-15(2)19(11-14)20(25)9-10-22(27)28-13-21(26)24-16(3)17-5-4-6-18(23)12-17/h4-8,11-12,16H,9-10,13H2,1-3H3,(H,24,26)/t16-/m0/s1. The zero-order valence-electron chi connectivity index (χ0n) is 16.3. The van der Waals surface area contributed by atoms with Crippen LogP contribution in [-0.4, -0.2) is 24.3 Å². The van der Waals surface area contributed by atoms with Gasteiger partial charge in [-0.15, -0.1) is 0 Å². The first kappa shape index (κ1) is 21.6. The van der Waals surface area contributed by atoms with Crippen LogP contribution in [-0.2, 0) is 14.3 Å². The van der Waals surface area contributed by atoms with Crippen LogP contribution in [0.15, 0.2) is 42.5 Å². The van der Waals surface area contributed by atoms with E-state index >= 15 is 0 Å². The van der Waals surface area contributed by atoms with Gasteiger partial charge in [0, 0.05) is 17.0 Å². The summed E-state index contributed by atoms with van der Waals surface area (Å²) in [6, 6.07) is 12.5. The number of ether oxygens (including phenoxy) is 1. The molecule has 0 unspecified atom stereocenters. The van der Waals surface area contributed by atoms with Gasteiger partial charge in [-0.25, -0.2) is 0 Å². The summed E-state index contributed by atoms with van der Waals surface area (Å²) in [5, 5.41) is 3.32. The van der Waals surface area contributed by atoms with Crippen molar-refractivity contribution in [3.63, 3.8) is 0 Å². The fraction of sp³-hybridized carbons (Fsp3) is 0.318. The first-order valence-electron chi connectivity index (χ1n) is 9.07. The highest BCUT2D eigenvalue weighted by Crippen LogP contribution is 2.17. The highest BCUT2D eigenvalue weighted by Gasteiger charge is 2.15. The molecule has 0 aromatic heterocycles. The number of halogens is 1. The fourth-order valence-electron chi connectivity index (χ4n) is 2.75. The first-order valence-corrected chi connectivity index (χ1v) is 9.45. The van der Waals surface area contributed by atoms with E-state index in [9.17, 15) is 14.4 Å². The van der Waals surface area contributed by atoms with Crippen LogP contribution in [0.5, 0.6) is 0 Å². The molecule has 5 nitrogen and oxygen atoms in total. The number of Topliss-reactive ketones (excluding diaryl/α,β-unsaturated/α-hetero) is 1. The van der Waals surface area contributed by atoms with Crippen LogP contribution >= 0.6 is 11.6 Å². The smallest absolute Gasteiger partial charge is 0.306 e. The fourth-order valence-corrected chi connectivity index (χ4v) is 2.95. The molecule has 0 bridgehead atoms. The van der Waals surface area contributed by atoms with E-state index in [0.29, 0.717) is 10.6 Å². The number of nitrogens with one attached hydrogen (secondary N) is 1. The number of aryl methyl sites for hydroxylation is 2. The van der Waals surface area contributed by atoms with Gasteiger partial charge >= 0.3 is 5.97 Å². The second kappa shape index (κ2) is 10.0. The molecule has 0 aliphatic rings. The second-order valence-electron chi connectivity index (χ2n) is 6.75. The van der Waals surface area contributed by atoms with E-state index in [-0.39, 0.29) is 31.3 Å². The minimum Gasteiger partial charge on any atom is -0.456 e. The van der Waals surface area contributed by atoms with Crippen LogP contribution in [0.2, 0.25) is 5.02 Å². The molecule has 6 heteroatoms. The Labute approximate surface area is 170 Å². The summed E-state index contributed by atoms with van der Waals surface area (Å²) in [6.07, 6.45) is -0.0208. The van der Waals surface area contributed by atoms with E-state index in [1.165, 1.54) is 0 Å². The van der Waals surface area contributed by atoms with E-state index in [1.54, 1.807) is 18.2 Å². The summed E-state index contributed by atoms with van der Waals surface area (Å²) in [6.45, 7) is 5.19. The predicted octanol–water partition coefficient (Wildman–Crippen LogP) is 4.34. The summed E-state index contributed by atoms with van der Waals surface area (Å²) in [7, 11) is 0. The second-order valence-corrected chi connectivity index (χ2v) is 7.18. The van der Waals surface area contributed by atoms with E-state index in [1.807, 2.05) is 45.0 Å². The number of esters is 1. The monoisotopic (exact) mass is 401 g/mol. The van der Waals surface area contributed by atoms with Crippen molar-refractivity contribution in [1.82, 2.24) is 5.32 Å². The largest absolute Gasteiger partial charge is 0.456 e. The summed E-state index contributed by atoms with van der Waals surface area (Å²) in [4.78, 5) is 36.1. The normalized spacial score (nSPS) is 11.6. The van der Waals surface area contributed by atoms with Crippen molar-refractivity contribution < 1.29 is 19.1 Å².